The summed E-state index contributed by atoms with van der Waals surface area (Å²) in [6, 6.07) is 21.3. The molecule has 4 aromatic rings. The molecule has 0 amide bonds. The normalized spacial score (nSPS) is 11.4. The second-order valence-electron chi connectivity index (χ2n) is 9.13. The van der Waals surface area contributed by atoms with Crippen LogP contribution in [0.2, 0.25) is 0 Å². The first-order valence-electron chi connectivity index (χ1n) is 12.5. The Morgan fingerprint density at radius 1 is 0.694 bits per heavy atom. The third-order valence-corrected chi connectivity index (χ3v) is 6.52. The van der Waals surface area contributed by atoms with Gasteiger partial charge in [0.2, 0.25) is 0 Å². The Labute approximate surface area is 209 Å². The summed E-state index contributed by atoms with van der Waals surface area (Å²) in [5, 5.41) is 1.19. The van der Waals surface area contributed by atoms with Gasteiger partial charge in [0.1, 0.15) is 5.82 Å². The summed E-state index contributed by atoms with van der Waals surface area (Å²) in [7, 11) is 0. The molecule has 0 aliphatic rings. The molecule has 0 saturated heterocycles. The van der Waals surface area contributed by atoms with Crippen molar-refractivity contribution in [2.24, 2.45) is 0 Å². The lowest BCUT2D eigenvalue weighted by Gasteiger charge is -2.11. The van der Waals surface area contributed by atoms with Gasteiger partial charge in [-0.05, 0) is 65.5 Å². The van der Waals surface area contributed by atoms with Crippen molar-refractivity contribution < 1.29 is 22.3 Å². The van der Waals surface area contributed by atoms with E-state index in [4.69, 9.17) is 0 Å². The average Bonchev–Trinajstić information content (AvgIpc) is 2.87. The number of halogens is 4. The van der Waals surface area contributed by atoms with Gasteiger partial charge in [0.15, 0.2) is 11.6 Å². The van der Waals surface area contributed by atoms with Crippen LogP contribution < -0.4 is 4.74 Å². The summed E-state index contributed by atoms with van der Waals surface area (Å²) in [6.45, 7) is -0.907. The van der Waals surface area contributed by atoms with Crippen molar-refractivity contribution in [2.45, 2.75) is 58.5 Å². The van der Waals surface area contributed by atoms with E-state index in [1.54, 1.807) is 18.2 Å². The van der Waals surface area contributed by atoms with Gasteiger partial charge in [0.05, 0.1) is 0 Å². The number of aryl methyl sites for hydroxylation is 3. The summed E-state index contributed by atoms with van der Waals surface area (Å²) in [5.41, 5.74) is 4.22. The standard InChI is InChI=1S/C31H30F4O/c1-2-3-4-5-6-21-7-9-22(10-8-21)11-12-23-13-16-26-24(19-23)14-17-27(30(26)33)25-15-18-29(28(32)20-25)36-31(34)35/h7-10,13-20,31H,2-6,11-12H2,1H3. The number of alkyl halides is 2. The van der Waals surface area contributed by atoms with Crippen molar-refractivity contribution in [3.05, 3.63) is 101 Å². The Morgan fingerprint density at radius 3 is 2.08 bits per heavy atom. The molecule has 0 aromatic heterocycles. The van der Waals surface area contributed by atoms with Gasteiger partial charge < -0.3 is 4.74 Å². The minimum absolute atomic E-state index is 0.201. The van der Waals surface area contributed by atoms with Crippen LogP contribution in [0.3, 0.4) is 0 Å². The van der Waals surface area contributed by atoms with Gasteiger partial charge in [-0.2, -0.15) is 8.78 Å². The third-order valence-electron chi connectivity index (χ3n) is 6.52. The van der Waals surface area contributed by atoms with Gasteiger partial charge in [-0.15, -0.1) is 0 Å². The largest absolute Gasteiger partial charge is 0.432 e. The smallest absolute Gasteiger partial charge is 0.387 e. The highest BCUT2D eigenvalue weighted by molar-refractivity contribution is 5.88. The summed E-state index contributed by atoms with van der Waals surface area (Å²) in [6.07, 6.45) is 7.91. The lowest BCUT2D eigenvalue weighted by molar-refractivity contribution is -0.0521. The molecule has 0 heterocycles. The van der Waals surface area contributed by atoms with Crippen LogP contribution in [0.4, 0.5) is 17.6 Å². The van der Waals surface area contributed by atoms with E-state index >= 15 is 4.39 Å². The summed E-state index contributed by atoms with van der Waals surface area (Å²) in [4.78, 5) is 0. The van der Waals surface area contributed by atoms with Crippen LogP contribution >= 0.6 is 0 Å². The van der Waals surface area contributed by atoms with E-state index in [2.05, 4.69) is 35.9 Å². The highest BCUT2D eigenvalue weighted by atomic mass is 19.3. The van der Waals surface area contributed by atoms with Gasteiger partial charge in [0.25, 0.3) is 0 Å². The molecular weight excluding hydrogens is 464 g/mol. The van der Waals surface area contributed by atoms with E-state index < -0.39 is 24.0 Å². The monoisotopic (exact) mass is 494 g/mol. The van der Waals surface area contributed by atoms with Crippen LogP contribution in [-0.2, 0) is 19.3 Å². The average molecular weight is 495 g/mol. The highest BCUT2D eigenvalue weighted by Crippen LogP contribution is 2.32. The van der Waals surface area contributed by atoms with E-state index in [0.29, 0.717) is 5.39 Å². The van der Waals surface area contributed by atoms with E-state index in [9.17, 15) is 13.2 Å². The molecule has 0 bridgehead atoms. The fourth-order valence-corrected chi connectivity index (χ4v) is 4.50. The molecular formula is C31H30F4O. The zero-order valence-electron chi connectivity index (χ0n) is 20.4. The van der Waals surface area contributed by atoms with Crippen LogP contribution in [0.25, 0.3) is 21.9 Å². The Morgan fingerprint density at radius 2 is 1.39 bits per heavy atom. The van der Waals surface area contributed by atoms with Crippen LogP contribution in [-0.4, -0.2) is 6.61 Å². The van der Waals surface area contributed by atoms with E-state index in [0.717, 1.165) is 42.3 Å². The minimum Gasteiger partial charge on any atom is -0.432 e. The lowest BCUT2D eigenvalue weighted by Crippen LogP contribution is -2.03. The Balaban J connectivity index is 1.43. The molecule has 0 N–H and O–H groups in total. The molecule has 4 aromatic carbocycles. The molecule has 0 aliphatic carbocycles. The number of rotatable bonds is 11. The maximum atomic E-state index is 15.3. The first kappa shape index (κ1) is 25.7. The summed E-state index contributed by atoms with van der Waals surface area (Å²) < 4.78 is 58.3. The zero-order chi connectivity index (χ0) is 25.5. The Bertz CT molecular complexity index is 1300. The molecule has 5 heteroatoms. The van der Waals surface area contributed by atoms with Gasteiger partial charge in [0, 0.05) is 10.9 Å². The number of ether oxygens (including phenoxy) is 1. The van der Waals surface area contributed by atoms with E-state index in [-0.39, 0.29) is 11.1 Å². The van der Waals surface area contributed by atoms with Crippen LogP contribution in [0.5, 0.6) is 5.75 Å². The molecule has 1 nitrogen and oxygen atoms in total. The molecule has 0 atom stereocenters. The fourth-order valence-electron chi connectivity index (χ4n) is 4.50. The fraction of sp³-hybridized carbons (Fsp3) is 0.290. The van der Waals surface area contributed by atoms with Crippen molar-refractivity contribution >= 4 is 10.8 Å². The van der Waals surface area contributed by atoms with Gasteiger partial charge >= 0.3 is 6.61 Å². The summed E-state index contributed by atoms with van der Waals surface area (Å²) in [5.74, 6) is -2.01. The topological polar surface area (TPSA) is 9.23 Å². The third kappa shape index (κ3) is 6.45. The first-order valence-corrected chi connectivity index (χ1v) is 12.5. The van der Waals surface area contributed by atoms with Crippen LogP contribution in [0.1, 0.15) is 49.3 Å². The Kier molecular flexibility index (Phi) is 8.63. The van der Waals surface area contributed by atoms with Crippen molar-refractivity contribution in [3.63, 3.8) is 0 Å². The maximum absolute atomic E-state index is 15.3. The summed E-state index contributed by atoms with van der Waals surface area (Å²) >= 11 is 0. The molecule has 188 valence electrons. The van der Waals surface area contributed by atoms with Gasteiger partial charge in [-0.25, -0.2) is 8.78 Å². The molecule has 36 heavy (non-hydrogen) atoms. The number of hydrogen-bond donors (Lipinski definition) is 0. The minimum atomic E-state index is -3.13. The molecule has 0 fully saturated rings. The second kappa shape index (κ2) is 12.1. The second-order valence-corrected chi connectivity index (χ2v) is 9.13. The maximum Gasteiger partial charge on any atom is 0.387 e. The number of fused-ring (bicyclic) bond motifs is 1. The molecule has 4 rings (SSSR count). The Hall–Kier alpha value is -3.34. The molecule has 0 aliphatic heterocycles. The van der Waals surface area contributed by atoms with E-state index in [1.165, 1.54) is 42.9 Å². The number of unbranched alkanes of at least 4 members (excludes halogenated alkanes) is 3. The first-order chi connectivity index (χ1) is 17.4. The zero-order valence-corrected chi connectivity index (χ0v) is 20.4. The number of benzene rings is 4. The molecule has 0 unspecified atom stereocenters. The van der Waals surface area contributed by atoms with Crippen molar-refractivity contribution in [1.29, 1.82) is 0 Å². The van der Waals surface area contributed by atoms with Crippen molar-refractivity contribution in [3.8, 4) is 16.9 Å². The van der Waals surface area contributed by atoms with Gasteiger partial charge in [-0.1, -0.05) is 86.8 Å². The predicted molar refractivity (Wildman–Crippen MR) is 138 cm³/mol. The van der Waals surface area contributed by atoms with Crippen molar-refractivity contribution in [2.75, 3.05) is 0 Å². The van der Waals surface area contributed by atoms with Crippen molar-refractivity contribution in [1.82, 2.24) is 0 Å². The van der Waals surface area contributed by atoms with Crippen LogP contribution in [0, 0.1) is 11.6 Å². The van der Waals surface area contributed by atoms with Gasteiger partial charge in [-0.3, -0.25) is 0 Å². The highest BCUT2D eigenvalue weighted by Gasteiger charge is 2.14. The SMILES string of the molecule is CCCCCCc1ccc(CCc2ccc3c(F)c(-c4ccc(OC(F)F)c(F)c4)ccc3c2)cc1. The molecule has 0 spiro atoms. The predicted octanol–water partition coefficient (Wildman–Crippen LogP) is 9.29. The molecule has 0 saturated carbocycles. The lowest BCUT2D eigenvalue weighted by atomic mass is 9.96. The molecule has 0 radical (unpaired) electrons. The van der Waals surface area contributed by atoms with Crippen LogP contribution in [0.15, 0.2) is 72.8 Å². The number of hydrogen-bond acceptors (Lipinski definition) is 1. The quantitative estimate of drug-likeness (QED) is 0.149. The van der Waals surface area contributed by atoms with E-state index in [1.807, 2.05) is 12.1 Å².